The molecule has 3 N–H and O–H groups in total. The zero-order valence-corrected chi connectivity index (χ0v) is 10.6. The first-order chi connectivity index (χ1) is 8.70. The van der Waals surface area contributed by atoms with Gasteiger partial charge in [0.15, 0.2) is 0 Å². The number of nitrogens with two attached hydrogens (primary N) is 1. The maximum Gasteiger partial charge on any atom is 0.140 e. The van der Waals surface area contributed by atoms with E-state index in [0.29, 0.717) is 12.4 Å². The lowest BCUT2D eigenvalue weighted by Crippen LogP contribution is -2.10. The van der Waals surface area contributed by atoms with Gasteiger partial charge in [0, 0.05) is 0 Å². The van der Waals surface area contributed by atoms with Gasteiger partial charge in [-0.15, -0.1) is 0 Å². The van der Waals surface area contributed by atoms with Crippen molar-refractivity contribution in [2.45, 2.75) is 20.5 Å². The maximum atomic E-state index is 5.77. The van der Waals surface area contributed by atoms with Crippen LogP contribution in [0.2, 0.25) is 0 Å². The molecule has 0 atom stereocenters. The van der Waals surface area contributed by atoms with Gasteiger partial charge < -0.3 is 10.2 Å². The summed E-state index contributed by atoms with van der Waals surface area (Å²) < 4.78 is 5.77. The predicted octanol–water partition coefficient (Wildman–Crippen LogP) is 2.56. The molecule has 0 saturated carbocycles. The fraction of sp³-hybridized carbons (Fsp3) is 0.214. The molecule has 0 aliphatic heterocycles. The molecular weight excluding hydrogens is 226 g/mol. The molecule has 0 unspecified atom stereocenters. The number of aromatic nitrogens is 1. The number of anilines is 1. The van der Waals surface area contributed by atoms with Gasteiger partial charge in [0.05, 0.1) is 5.69 Å². The zero-order chi connectivity index (χ0) is 13.0. The summed E-state index contributed by atoms with van der Waals surface area (Å²) in [6.07, 6.45) is 0. The van der Waals surface area contributed by atoms with Crippen LogP contribution in [-0.2, 0) is 6.61 Å². The Labute approximate surface area is 107 Å². The van der Waals surface area contributed by atoms with Crippen molar-refractivity contribution in [3.63, 3.8) is 0 Å². The van der Waals surface area contributed by atoms with E-state index in [4.69, 9.17) is 10.6 Å². The van der Waals surface area contributed by atoms with Crippen LogP contribution in [0.25, 0.3) is 0 Å². The van der Waals surface area contributed by atoms with Crippen LogP contribution in [0.15, 0.2) is 36.4 Å². The molecule has 18 heavy (non-hydrogen) atoms. The van der Waals surface area contributed by atoms with E-state index in [1.807, 2.05) is 24.3 Å². The van der Waals surface area contributed by atoms with Crippen LogP contribution in [0, 0.1) is 13.8 Å². The molecule has 0 aliphatic carbocycles. The topological polar surface area (TPSA) is 60.2 Å². The van der Waals surface area contributed by atoms with Crippen molar-refractivity contribution in [1.29, 1.82) is 0 Å². The predicted molar refractivity (Wildman–Crippen MR) is 72.3 cm³/mol. The van der Waals surface area contributed by atoms with Crippen LogP contribution in [0.5, 0.6) is 5.75 Å². The van der Waals surface area contributed by atoms with E-state index in [0.717, 1.165) is 17.0 Å². The Morgan fingerprint density at radius 3 is 2.72 bits per heavy atom. The third kappa shape index (κ3) is 2.78. The molecule has 0 spiro atoms. The second-order valence-electron chi connectivity index (χ2n) is 4.15. The minimum absolute atomic E-state index is 0.430. The lowest BCUT2D eigenvalue weighted by atomic mass is 10.1. The fourth-order valence-electron chi connectivity index (χ4n) is 1.67. The molecule has 4 nitrogen and oxygen atoms in total. The molecule has 1 aromatic carbocycles. The highest BCUT2D eigenvalue weighted by atomic mass is 16.5. The smallest absolute Gasteiger partial charge is 0.140 e. The van der Waals surface area contributed by atoms with Crippen LogP contribution >= 0.6 is 0 Å². The molecule has 94 valence electrons. The summed E-state index contributed by atoms with van der Waals surface area (Å²) in [4.78, 5) is 4.30. The quantitative estimate of drug-likeness (QED) is 0.640. The van der Waals surface area contributed by atoms with Crippen molar-refractivity contribution < 1.29 is 4.74 Å². The molecular formula is C14H17N3O. The summed E-state index contributed by atoms with van der Waals surface area (Å²) >= 11 is 0. The SMILES string of the molecule is Cc1cccc(OCc2cccc(NN)n2)c1C. The molecule has 2 rings (SSSR count). The van der Waals surface area contributed by atoms with Crippen molar-refractivity contribution in [2.75, 3.05) is 5.43 Å². The van der Waals surface area contributed by atoms with Crippen molar-refractivity contribution in [3.8, 4) is 5.75 Å². The summed E-state index contributed by atoms with van der Waals surface area (Å²) in [6.45, 7) is 4.55. The monoisotopic (exact) mass is 243 g/mol. The Morgan fingerprint density at radius 1 is 1.17 bits per heavy atom. The number of nitrogens with zero attached hydrogens (tertiary/aromatic N) is 1. The van der Waals surface area contributed by atoms with Crippen LogP contribution < -0.4 is 16.0 Å². The number of hydrogen-bond donors (Lipinski definition) is 2. The van der Waals surface area contributed by atoms with Gasteiger partial charge in [0.25, 0.3) is 0 Å². The molecule has 0 aliphatic rings. The fourth-order valence-corrected chi connectivity index (χ4v) is 1.67. The van der Waals surface area contributed by atoms with E-state index in [-0.39, 0.29) is 0 Å². The number of hydrogen-bond acceptors (Lipinski definition) is 4. The van der Waals surface area contributed by atoms with Gasteiger partial charge in [-0.25, -0.2) is 10.8 Å². The first kappa shape index (κ1) is 12.4. The normalized spacial score (nSPS) is 10.2. The number of pyridine rings is 1. The van der Waals surface area contributed by atoms with Crippen molar-refractivity contribution in [3.05, 3.63) is 53.2 Å². The summed E-state index contributed by atoms with van der Waals surface area (Å²) in [6, 6.07) is 11.6. The Bertz CT molecular complexity index is 540. The molecule has 0 amide bonds. The zero-order valence-electron chi connectivity index (χ0n) is 10.6. The number of aryl methyl sites for hydroxylation is 1. The number of hydrazine groups is 1. The van der Waals surface area contributed by atoms with E-state index < -0.39 is 0 Å². The molecule has 0 saturated heterocycles. The largest absolute Gasteiger partial charge is 0.487 e. The molecule has 2 aromatic rings. The highest BCUT2D eigenvalue weighted by molar-refractivity contribution is 5.38. The van der Waals surface area contributed by atoms with Gasteiger partial charge in [0.1, 0.15) is 18.2 Å². The number of rotatable bonds is 4. The van der Waals surface area contributed by atoms with Crippen LogP contribution in [0.3, 0.4) is 0 Å². The molecule has 1 heterocycles. The Hall–Kier alpha value is -2.07. The summed E-state index contributed by atoms with van der Waals surface area (Å²) in [5.41, 5.74) is 5.74. The second kappa shape index (κ2) is 5.51. The highest BCUT2D eigenvalue weighted by Crippen LogP contribution is 2.21. The van der Waals surface area contributed by atoms with Gasteiger partial charge in [-0.2, -0.15) is 0 Å². The van der Waals surface area contributed by atoms with Gasteiger partial charge in [-0.1, -0.05) is 18.2 Å². The van der Waals surface area contributed by atoms with Gasteiger partial charge in [0.2, 0.25) is 0 Å². The van der Waals surface area contributed by atoms with E-state index in [1.54, 1.807) is 6.07 Å². The maximum absolute atomic E-state index is 5.77. The first-order valence-electron chi connectivity index (χ1n) is 5.82. The third-order valence-corrected chi connectivity index (χ3v) is 2.89. The van der Waals surface area contributed by atoms with Gasteiger partial charge in [-0.05, 0) is 43.2 Å². The van der Waals surface area contributed by atoms with Crippen LogP contribution in [0.1, 0.15) is 16.8 Å². The average molecular weight is 243 g/mol. The second-order valence-corrected chi connectivity index (χ2v) is 4.15. The lowest BCUT2D eigenvalue weighted by Gasteiger charge is -2.10. The Kier molecular flexibility index (Phi) is 3.79. The van der Waals surface area contributed by atoms with E-state index in [9.17, 15) is 0 Å². The Balaban J connectivity index is 2.09. The third-order valence-electron chi connectivity index (χ3n) is 2.89. The van der Waals surface area contributed by atoms with Crippen molar-refractivity contribution >= 4 is 5.82 Å². The highest BCUT2D eigenvalue weighted by Gasteiger charge is 2.03. The minimum atomic E-state index is 0.430. The van der Waals surface area contributed by atoms with Crippen molar-refractivity contribution in [2.24, 2.45) is 5.84 Å². The lowest BCUT2D eigenvalue weighted by molar-refractivity contribution is 0.299. The number of nitrogen functional groups attached to an aromatic ring is 1. The summed E-state index contributed by atoms with van der Waals surface area (Å²) in [5.74, 6) is 6.84. The Morgan fingerprint density at radius 2 is 1.94 bits per heavy atom. The molecule has 4 heteroatoms. The van der Waals surface area contributed by atoms with E-state index in [2.05, 4.69) is 30.3 Å². The number of benzene rings is 1. The first-order valence-corrected chi connectivity index (χ1v) is 5.82. The van der Waals surface area contributed by atoms with Gasteiger partial charge in [-0.3, -0.25) is 0 Å². The summed E-state index contributed by atoms with van der Waals surface area (Å²) in [5, 5.41) is 0. The van der Waals surface area contributed by atoms with Crippen LogP contribution in [-0.4, -0.2) is 4.98 Å². The minimum Gasteiger partial charge on any atom is -0.487 e. The molecule has 1 aromatic heterocycles. The average Bonchev–Trinajstić information content (AvgIpc) is 2.41. The molecule has 0 radical (unpaired) electrons. The number of ether oxygens (including phenoxy) is 1. The van der Waals surface area contributed by atoms with E-state index >= 15 is 0 Å². The van der Waals surface area contributed by atoms with E-state index in [1.165, 1.54) is 5.56 Å². The van der Waals surface area contributed by atoms with Gasteiger partial charge >= 0.3 is 0 Å². The standard InChI is InChI=1S/C14H17N3O/c1-10-5-3-7-13(11(10)2)18-9-12-6-4-8-14(16-12)17-15/h3-8H,9,15H2,1-2H3,(H,16,17). The van der Waals surface area contributed by atoms with Crippen LogP contribution in [0.4, 0.5) is 5.82 Å². The van der Waals surface area contributed by atoms with Crippen molar-refractivity contribution in [1.82, 2.24) is 4.98 Å². The summed E-state index contributed by atoms with van der Waals surface area (Å²) in [7, 11) is 0. The number of nitrogens with one attached hydrogen (secondary N) is 1. The molecule has 0 fully saturated rings. The molecule has 0 bridgehead atoms.